The SMILES string of the molecule is Cc1ccc(C(=O)[NH+](N(Cl)C(=O)c2ccccc2C)C(C)(C)C)cc1.Cl.[Cl-]. The van der Waals surface area contributed by atoms with Crippen molar-refractivity contribution in [2.24, 2.45) is 0 Å². The minimum Gasteiger partial charge on any atom is -1.00 e. The van der Waals surface area contributed by atoms with Crippen molar-refractivity contribution < 1.29 is 27.0 Å². The van der Waals surface area contributed by atoms with E-state index in [2.05, 4.69) is 0 Å². The number of nitrogens with one attached hydrogen (secondary N) is 1. The highest BCUT2D eigenvalue weighted by Gasteiger charge is 2.41. The molecule has 2 aromatic carbocycles. The summed E-state index contributed by atoms with van der Waals surface area (Å²) in [5.74, 6) is -0.644. The number of carbonyl (C=O) groups is 2. The molecular weight excluding hydrogens is 407 g/mol. The Morgan fingerprint density at radius 3 is 1.96 bits per heavy atom. The van der Waals surface area contributed by atoms with E-state index in [0.29, 0.717) is 11.1 Å². The van der Waals surface area contributed by atoms with Gasteiger partial charge in [0.2, 0.25) is 0 Å². The van der Waals surface area contributed by atoms with E-state index in [1.807, 2.05) is 58.9 Å². The van der Waals surface area contributed by atoms with Crippen LogP contribution >= 0.6 is 24.2 Å². The fraction of sp³-hybridized carbons (Fsp3) is 0.300. The van der Waals surface area contributed by atoms with Gasteiger partial charge < -0.3 is 12.4 Å². The molecule has 2 aromatic rings. The Balaban J connectivity index is 0.00000338. The molecule has 27 heavy (non-hydrogen) atoms. The van der Waals surface area contributed by atoms with Crippen LogP contribution in [0.2, 0.25) is 0 Å². The molecule has 0 aliphatic heterocycles. The maximum atomic E-state index is 13.0. The van der Waals surface area contributed by atoms with E-state index in [-0.39, 0.29) is 35.7 Å². The molecule has 1 N–H and O–H groups in total. The predicted octanol–water partition coefficient (Wildman–Crippen LogP) is 0.764. The average molecular weight is 432 g/mol. The van der Waals surface area contributed by atoms with Crippen LogP contribution in [-0.4, -0.2) is 21.9 Å². The molecule has 0 aromatic heterocycles. The van der Waals surface area contributed by atoms with E-state index < -0.39 is 11.4 Å². The maximum Gasteiger partial charge on any atom is 0.370 e. The molecule has 0 heterocycles. The van der Waals surface area contributed by atoms with Gasteiger partial charge in [-0.2, -0.15) is 0 Å². The lowest BCUT2D eigenvalue weighted by Gasteiger charge is -2.33. The van der Waals surface area contributed by atoms with Crippen LogP contribution in [0.25, 0.3) is 0 Å². The molecule has 1 unspecified atom stereocenters. The lowest BCUT2D eigenvalue weighted by Crippen LogP contribution is -3.25. The summed E-state index contributed by atoms with van der Waals surface area (Å²) in [6.45, 7) is 9.41. The van der Waals surface area contributed by atoms with Gasteiger partial charge in [0.1, 0.15) is 5.54 Å². The Morgan fingerprint density at radius 2 is 1.48 bits per heavy atom. The van der Waals surface area contributed by atoms with Crippen molar-refractivity contribution in [2.75, 3.05) is 0 Å². The van der Waals surface area contributed by atoms with Crippen molar-refractivity contribution in [3.63, 3.8) is 0 Å². The van der Waals surface area contributed by atoms with E-state index in [4.69, 9.17) is 11.8 Å². The second-order valence-corrected chi connectivity index (χ2v) is 7.53. The highest BCUT2D eigenvalue weighted by atomic mass is 35.5. The standard InChI is InChI=1S/C20H23ClN2O2.2ClH/c1-14-10-12-16(13-11-14)18(24)22(20(3,4)5)23(21)19(25)17-9-7-6-8-15(17)2;;/h6-13H,1-5H3;2*1H. The molecule has 0 bridgehead atoms. The van der Waals surface area contributed by atoms with Crippen molar-refractivity contribution in [2.45, 2.75) is 40.2 Å². The van der Waals surface area contributed by atoms with Crippen LogP contribution in [0, 0.1) is 13.8 Å². The smallest absolute Gasteiger partial charge is 0.370 e. The highest BCUT2D eigenvalue weighted by Crippen LogP contribution is 2.12. The number of halogens is 3. The quantitative estimate of drug-likeness (QED) is 0.564. The molecule has 148 valence electrons. The van der Waals surface area contributed by atoms with Crippen LogP contribution in [0.1, 0.15) is 52.6 Å². The number of carbonyl (C=O) groups excluding carboxylic acids is 2. The third kappa shape index (κ3) is 5.94. The third-order valence-corrected chi connectivity index (χ3v) is 4.31. The zero-order chi connectivity index (χ0) is 18.8. The second kappa shape index (κ2) is 10.1. The predicted molar refractivity (Wildman–Crippen MR) is 107 cm³/mol. The fourth-order valence-electron chi connectivity index (χ4n) is 2.59. The van der Waals surface area contributed by atoms with E-state index in [0.717, 1.165) is 15.7 Å². The second-order valence-electron chi connectivity index (χ2n) is 7.19. The van der Waals surface area contributed by atoms with Crippen LogP contribution in [0.15, 0.2) is 48.5 Å². The Morgan fingerprint density at radius 1 is 0.963 bits per heavy atom. The van der Waals surface area contributed by atoms with Gasteiger partial charge >= 0.3 is 11.8 Å². The number of nitrogens with zero attached hydrogens (tertiary/aromatic N) is 1. The molecule has 1 atom stereocenters. The van der Waals surface area contributed by atoms with Gasteiger partial charge in [0.15, 0.2) is 0 Å². The summed E-state index contributed by atoms with van der Waals surface area (Å²) in [6, 6.07) is 14.4. The number of aryl methyl sites for hydroxylation is 2. The van der Waals surface area contributed by atoms with Gasteiger partial charge in [0.05, 0.1) is 17.3 Å². The minimum absolute atomic E-state index is 0. The van der Waals surface area contributed by atoms with Gasteiger partial charge in [-0.15, -0.1) is 17.4 Å². The number of hydrogen-bond donors (Lipinski definition) is 1. The average Bonchev–Trinajstić information content (AvgIpc) is 2.54. The van der Waals surface area contributed by atoms with Crippen LogP contribution in [0.5, 0.6) is 0 Å². The maximum absolute atomic E-state index is 13.0. The van der Waals surface area contributed by atoms with E-state index >= 15 is 0 Å². The Kier molecular flexibility index (Phi) is 9.50. The van der Waals surface area contributed by atoms with E-state index in [9.17, 15) is 9.59 Å². The molecule has 0 radical (unpaired) electrons. The zero-order valence-electron chi connectivity index (χ0n) is 16.0. The van der Waals surface area contributed by atoms with Gasteiger partial charge in [0, 0.05) is 5.56 Å². The molecule has 2 rings (SSSR count). The van der Waals surface area contributed by atoms with Crippen LogP contribution in [0.3, 0.4) is 0 Å². The molecule has 0 saturated heterocycles. The normalized spacial score (nSPS) is 11.6. The summed E-state index contributed by atoms with van der Waals surface area (Å²) >= 11 is 6.39. The molecule has 0 aliphatic carbocycles. The first-order chi connectivity index (χ1) is 11.6. The van der Waals surface area contributed by atoms with Crippen molar-refractivity contribution in [3.05, 3.63) is 70.8 Å². The van der Waals surface area contributed by atoms with Gasteiger partial charge in [0.25, 0.3) is 0 Å². The first kappa shape index (κ1) is 25.4. The number of hydrogen-bond acceptors (Lipinski definition) is 2. The van der Waals surface area contributed by atoms with Crippen LogP contribution in [-0.2, 0) is 0 Å². The lowest BCUT2D eigenvalue weighted by molar-refractivity contribution is -0.951. The Bertz CT molecular complexity index is 787. The van der Waals surface area contributed by atoms with Gasteiger partial charge in [-0.1, -0.05) is 40.4 Å². The Labute approximate surface area is 178 Å². The summed E-state index contributed by atoms with van der Waals surface area (Å²) < 4.78 is 0.977. The van der Waals surface area contributed by atoms with Crippen molar-refractivity contribution in [3.8, 4) is 0 Å². The first-order valence-corrected chi connectivity index (χ1v) is 8.51. The fourth-order valence-corrected chi connectivity index (χ4v) is 3.01. The van der Waals surface area contributed by atoms with E-state index in [1.54, 1.807) is 24.3 Å². The van der Waals surface area contributed by atoms with Crippen LogP contribution < -0.4 is 17.4 Å². The molecule has 7 heteroatoms. The number of rotatable bonds is 2. The number of benzene rings is 2. The molecule has 4 nitrogen and oxygen atoms in total. The van der Waals surface area contributed by atoms with Crippen molar-refractivity contribution >= 4 is 36.0 Å². The minimum atomic E-state index is -0.595. The van der Waals surface area contributed by atoms with Gasteiger partial charge in [-0.05, 0) is 58.4 Å². The van der Waals surface area contributed by atoms with Crippen molar-refractivity contribution in [1.82, 2.24) is 4.53 Å². The number of amides is 2. The van der Waals surface area contributed by atoms with Crippen molar-refractivity contribution in [1.29, 1.82) is 0 Å². The third-order valence-electron chi connectivity index (χ3n) is 3.99. The monoisotopic (exact) mass is 430 g/mol. The highest BCUT2D eigenvalue weighted by molar-refractivity contribution is 6.23. The number of quaternary nitrogens is 1. The molecular formula is C20H25Cl3N2O2. The Hall–Kier alpha value is -1.59. The topological polar surface area (TPSA) is 41.8 Å². The lowest BCUT2D eigenvalue weighted by atomic mass is 10.1. The molecule has 2 amide bonds. The zero-order valence-corrected chi connectivity index (χ0v) is 18.4. The van der Waals surface area contributed by atoms with Crippen LogP contribution in [0.4, 0.5) is 0 Å². The summed E-state index contributed by atoms with van der Waals surface area (Å²) in [4.78, 5) is 25.9. The molecule has 0 spiro atoms. The largest absolute Gasteiger partial charge is 1.00 e. The molecule has 0 aliphatic rings. The first-order valence-electron chi connectivity index (χ1n) is 8.17. The summed E-state index contributed by atoms with van der Waals surface area (Å²) in [5.41, 5.74) is 2.28. The summed E-state index contributed by atoms with van der Waals surface area (Å²) in [6.07, 6.45) is 0. The summed E-state index contributed by atoms with van der Waals surface area (Å²) in [7, 11) is 0. The van der Waals surface area contributed by atoms with Gasteiger partial charge in [-0.25, -0.2) is 4.79 Å². The van der Waals surface area contributed by atoms with Gasteiger partial charge in [-0.3, -0.25) is 4.79 Å². The van der Waals surface area contributed by atoms with E-state index in [1.165, 1.54) is 0 Å². The molecule has 0 saturated carbocycles. The summed E-state index contributed by atoms with van der Waals surface area (Å²) in [5, 5.41) is 0.256. The molecule has 0 fully saturated rings.